The molecule has 0 saturated carbocycles. The summed E-state index contributed by atoms with van der Waals surface area (Å²) in [4.78, 5) is 42.3. The Kier molecular flexibility index (Phi) is 13.0. The third kappa shape index (κ3) is 9.47. The monoisotopic (exact) mass is 503 g/mol. The van der Waals surface area contributed by atoms with Crippen molar-refractivity contribution in [2.75, 3.05) is 13.1 Å². The highest BCUT2D eigenvalue weighted by molar-refractivity contribution is 5.92. The molecular weight excluding hydrogens is 454 g/mol. The highest BCUT2D eigenvalue weighted by atomic mass is 16.6. The minimum Gasteiger partial charge on any atom is -0.444 e. The maximum Gasteiger partial charge on any atom is 0.408 e. The number of carbonyl (C=O) groups is 3. The van der Waals surface area contributed by atoms with E-state index in [0.29, 0.717) is 19.5 Å². The van der Waals surface area contributed by atoms with Crippen molar-refractivity contribution in [1.82, 2.24) is 15.5 Å². The van der Waals surface area contributed by atoms with Gasteiger partial charge in [0.25, 0.3) is 0 Å². The molecule has 0 aliphatic heterocycles. The molecule has 3 amide bonds. The summed E-state index contributed by atoms with van der Waals surface area (Å²) >= 11 is 0. The van der Waals surface area contributed by atoms with Crippen LogP contribution < -0.4 is 10.6 Å². The lowest BCUT2D eigenvalue weighted by molar-refractivity contribution is -0.143. The van der Waals surface area contributed by atoms with Crippen LogP contribution in [0.3, 0.4) is 0 Å². The van der Waals surface area contributed by atoms with Gasteiger partial charge in [-0.2, -0.15) is 0 Å². The van der Waals surface area contributed by atoms with Crippen molar-refractivity contribution in [1.29, 1.82) is 0 Å². The maximum atomic E-state index is 14.2. The summed E-state index contributed by atoms with van der Waals surface area (Å²) < 4.78 is 5.47. The summed E-state index contributed by atoms with van der Waals surface area (Å²) in [5.41, 5.74) is 2.08. The van der Waals surface area contributed by atoms with Crippen LogP contribution in [-0.2, 0) is 14.3 Å². The molecule has 7 heteroatoms. The van der Waals surface area contributed by atoms with Gasteiger partial charge in [0.05, 0.1) is 0 Å². The predicted molar refractivity (Wildman–Crippen MR) is 146 cm³/mol. The Morgan fingerprint density at radius 1 is 1.00 bits per heavy atom. The van der Waals surface area contributed by atoms with E-state index in [9.17, 15) is 14.4 Å². The molecule has 7 nitrogen and oxygen atoms in total. The second-order valence-electron chi connectivity index (χ2n) is 10.7. The molecule has 0 fully saturated rings. The minimum absolute atomic E-state index is 0.143. The van der Waals surface area contributed by atoms with Crippen LogP contribution in [0.25, 0.3) is 0 Å². The average molecular weight is 504 g/mol. The van der Waals surface area contributed by atoms with E-state index in [2.05, 4.69) is 24.5 Å². The fourth-order valence-electron chi connectivity index (χ4n) is 4.16. The first kappa shape index (κ1) is 31.5. The van der Waals surface area contributed by atoms with Gasteiger partial charge in [0, 0.05) is 13.1 Å². The summed E-state index contributed by atoms with van der Waals surface area (Å²) in [7, 11) is 0. The van der Waals surface area contributed by atoms with Crippen LogP contribution in [0.5, 0.6) is 0 Å². The molecule has 1 aromatic carbocycles. The summed E-state index contributed by atoms with van der Waals surface area (Å²) in [6, 6.07) is 4.32. The number of amides is 3. The lowest BCUT2D eigenvalue weighted by atomic mass is 9.91. The van der Waals surface area contributed by atoms with Crippen molar-refractivity contribution >= 4 is 17.9 Å². The molecule has 0 aliphatic rings. The van der Waals surface area contributed by atoms with Crippen LogP contribution in [0.2, 0.25) is 0 Å². The SMILES string of the molecule is CCCCNC(=O)C(c1c(C)cccc1C)N(CCCC)C(=O)C(NC(=O)OC(C)(C)C)C(C)CC. The number of carbonyl (C=O) groups excluding carboxylic acids is 3. The Labute approximate surface area is 218 Å². The molecular formula is C29H49N3O4. The summed E-state index contributed by atoms with van der Waals surface area (Å²) in [5, 5.41) is 5.88. The van der Waals surface area contributed by atoms with Crippen molar-refractivity contribution in [3.05, 3.63) is 34.9 Å². The number of nitrogens with zero attached hydrogens (tertiary/aromatic N) is 1. The zero-order valence-corrected chi connectivity index (χ0v) is 24.0. The molecule has 0 bridgehead atoms. The van der Waals surface area contributed by atoms with E-state index in [0.717, 1.165) is 42.4 Å². The largest absolute Gasteiger partial charge is 0.444 e. The normalized spacial score (nSPS) is 13.9. The van der Waals surface area contributed by atoms with Crippen molar-refractivity contribution in [2.45, 2.75) is 112 Å². The quantitative estimate of drug-likeness (QED) is 0.332. The molecule has 1 rings (SSSR count). The first-order chi connectivity index (χ1) is 16.9. The van der Waals surface area contributed by atoms with E-state index in [4.69, 9.17) is 4.74 Å². The number of alkyl carbamates (subject to hydrolysis) is 1. The Morgan fingerprint density at radius 2 is 1.58 bits per heavy atom. The van der Waals surface area contributed by atoms with Gasteiger partial charge < -0.3 is 20.3 Å². The van der Waals surface area contributed by atoms with Crippen molar-refractivity contribution in [2.24, 2.45) is 5.92 Å². The minimum atomic E-state index is -0.808. The van der Waals surface area contributed by atoms with Crippen molar-refractivity contribution < 1.29 is 19.1 Å². The Bertz CT molecular complexity index is 842. The molecule has 0 spiro atoms. The van der Waals surface area contributed by atoms with E-state index in [1.165, 1.54) is 0 Å². The predicted octanol–water partition coefficient (Wildman–Crippen LogP) is 5.83. The molecule has 3 atom stereocenters. The van der Waals surface area contributed by atoms with Gasteiger partial charge in [-0.3, -0.25) is 9.59 Å². The van der Waals surface area contributed by atoms with E-state index in [1.807, 2.05) is 45.9 Å². The summed E-state index contributed by atoms with van der Waals surface area (Å²) in [6.07, 6.45) is 3.49. The highest BCUT2D eigenvalue weighted by Gasteiger charge is 2.38. The van der Waals surface area contributed by atoms with Gasteiger partial charge in [-0.15, -0.1) is 0 Å². The lowest BCUT2D eigenvalue weighted by Crippen LogP contribution is -2.55. The molecule has 0 aromatic heterocycles. The second-order valence-corrected chi connectivity index (χ2v) is 10.7. The molecule has 0 aliphatic carbocycles. The van der Waals surface area contributed by atoms with Crippen LogP contribution in [0.15, 0.2) is 18.2 Å². The Morgan fingerprint density at radius 3 is 2.08 bits per heavy atom. The molecule has 0 radical (unpaired) electrons. The molecule has 0 saturated heterocycles. The zero-order chi connectivity index (χ0) is 27.5. The molecule has 204 valence electrons. The number of ether oxygens (including phenoxy) is 1. The Balaban J connectivity index is 3.55. The average Bonchev–Trinajstić information content (AvgIpc) is 2.79. The zero-order valence-electron chi connectivity index (χ0n) is 24.0. The number of hydrogen-bond acceptors (Lipinski definition) is 4. The van der Waals surface area contributed by atoms with Gasteiger partial charge in [0.1, 0.15) is 17.7 Å². The van der Waals surface area contributed by atoms with E-state index < -0.39 is 23.8 Å². The molecule has 2 N–H and O–H groups in total. The standard InChI is InChI=1S/C29H49N3O4/c1-10-13-18-30-26(33)25(23-21(5)16-15-17-22(23)6)32(19-14-11-2)27(34)24(20(4)12-3)31-28(35)36-29(7,8)9/h15-17,20,24-25H,10-14,18-19H2,1-9H3,(H,30,33)(H,31,35). The summed E-state index contributed by atoms with van der Waals surface area (Å²) in [5.74, 6) is -0.594. The lowest BCUT2D eigenvalue weighted by Gasteiger charge is -2.37. The molecule has 3 unspecified atom stereocenters. The van der Waals surface area contributed by atoms with Crippen molar-refractivity contribution in [3.8, 4) is 0 Å². The van der Waals surface area contributed by atoms with Gasteiger partial charge in [0.15, 0.2) is 0 Å². The van der Waals surface area contributed by atoms with Crippen LogP contribution in [-0.4, -0.2) is 47.5 Å². The van der Waals surface area contributed by atoms with Crippen molar-refractivity contribution in [3.63, 3.8) is 0 Å². The van der Waals surface area contributed by atoms with E-state index in [-0.39, 0.29) is 17.7 Å². The van der Waals surface area contributed by atoms with Crippen LogP contribution >= 0.6 is 0 Å². The first-order valence-corrected chi connectivity index (χ1v) is 13.5. The van der Waals surface area contributed by atoms with E-state index in [1.54, 1.807) is 25.7 Å². The third-order valence-electron chi connectivity index (χ3n) is 6.39. The summed E-state index contributed by atoms with van der Waals surface area (Å²) in [6.45, 7) is 18.3. The van der Waals surface area contributed by atoms with Crippen LogP contribution in [0.1, 0.15) is 103 Å². The number of benzene rings is 1. The molecule has 0 heterocycles. The van der Waals surface area contributed by atoms with Gasteiger partial charge in [0.2, 0.25) is 11.8 Å². The first-order valence-electron chi connectivity index (χ1n) is 13.5. The van der Waals surface area contributed by atoms with Gasteiger partial charge in [-0.1, -0.05) is 65.2 Å². The van der Waals surface area contributed by atoms with E-state index >= 15 is 0 Å². The highest BCUT2D eigenvalue weighted by Crippen LogP contribution is 2.30. The van der Waals surface area contributed by atoms with Crippen LogP contribution in [0, 0.1) is 19.8 Å². The van der Waals surface area contributed by atoms with Gasteiger partial charge in [-0.05, 0) is 70.1 Å². The number of rotatable bonds is 13. The second kappa shape index (κ2) is 14.9. The number of nitrogens with one attached hydrogen (secondary N) is 2. The van der Waals surface area contributed by atoms with Gasteiger partial charge >= 0.3 is 6.09 Å². The molecule has 36 heavy (non-hydrogen) atoms. The fourth-order valence-corrected chi connectivity index (χ4v) is 4.16. The maximum absolute atomic E-state index is 14.2. The number of aryl methyl sites for hydroxylation is 2. The van der Waals surface area contributed by atoms with Crippen LogP contribution in [0.4, 0.5) is 4.79 Å². The molecule has 1 aromatic rings. The smallest absolute Gasteiger partial charge is 0.408 e. The number of unbranched alkanes of at least 4 members (excludes halogenated alkanes) is 2. The fraction of sp³-hybridized carbons (Fsp3) is 0.690. The Hall–Kier alpha value is -2.57. The third-order valence-corrected chi connectivity index (χ3v) is 6.39. The number of hydrogen-bond donors (Lipinski definition) is 2. The topological polar surface area (TPSA) is 87.7 Å². The van der Waals surface area contributed by atoms with Gasteiger partial charge in [-0.25, -0.2) is 4.79 Å².